The van der Waals surface area contributed by atoms with Crippen LogP contribution < -0.4 is 0 Å². The van der Waals surface area contributed by atoms with Gasteiger partial charge in [0.05, 0.1) is 16.3 Å². The predicted molar refractivity (Wildman–Crippen MR) is 101 cm³/mol. The molecule has 0 N–H and O–H groups in total. The van der Waals surface area contributed by atoms with Gasteiger partial charge in [0.1, 0.15) is 4.88 Å². The van der Waals surface area contributed by atoms with Crippen LogP contribution in [0.2, 0.25) is 0 Å². The van der Waals surface area contributed by atoms with Crippen LogP contribution >= 0.6 is 11.3 Å². The van der Waals surface area contributed by atoms with Gasteiger partial charge in [-0.3, -0.25) is 4.79 Å². The predicted octanol–water partition coefficient (Wildman–Crippen LogP) is 3.10. The van der Waals surface area contributed by atoms with Crippen molar-refractivity contribution in [2.45, 2.75) is 58.5 Å². The molecule has 2 aliphatic heterocycles. The van der Waals surface area contributed by atoms with E-state index in [1.165, 1.54) is 11.3 Å². The van der Waals surface area contributed by atoms with E-state index in [9.17, 15) is 4.79 Å². The zero-order valence-corrected chi connectivity index (χ0v) is 17.0. The number of amides is 1. The van der Waals surface area contributed by atoms with Crippen LogP contribution in [-0.4, -0.2) is 51.2 Å². The highest BCUT2D eigenvalue weighted by Gasteiger charge is 2.41. The van der Waals surface area contributed by atoms with Crippen LogP contribution in [-0.2, 0) is 11.2 Å². The third-order valence-corrected chi connectivity index (χ3v) is 6.76. The lowest BCUT2D eigenvalue weighted by molar-refractivity contribution is -0.123. The summed E-state index contributed by atoms with van der Waals surface area (Å²) in [5, 5.41) is 4.98. The summed E-state index contributed by atoms with van der Waals surface area (Å²) in [6, 6.07) is 0. The van der Waals surface area contributed by atoms with E-state index in [-0.39, 0.29) is 11.5 Å². The van der Waals surface area contributed by atoms with Gasteiger partial charge in [0.2, 0.25) is 5.89 Å². The molecule has 1 atom stereocenters. The highest BCUT2D eigenvalue weighted by molar-refractivity contribution is 7.13. The summed E-state index contributed by atoms with van der Waals surface area (Å²) >= 11 is 1.49. The molecule has 0 aliphatic carbocycles. The summed E-state index contributed by atoms with van der Waals surface area (Å²) in [6.07, 6.45) is 4.64. The van der Waals surface area contributed by atoms with Gasteiger partial charge in [0.15, 0.2) is 5.82 Å². The molecule has 27 heavy (non-hydrogen) atoms. The summed E-state index contributed by atoms with van der Waals surface area (Å²) in [5.74, 6) is 2.03. The summed E-state index contributed by atoms with van der Waals surface area (Å²) in [7, 11) is 0. The normalized spacial score (nSPS) is 22.3. The van der Waals surface area contributed by atoms with Gasteiger partial charge < -0.3 is 14.2 Å². The largest absolute Gasteiger partial charge is 0.375 e. The molecule has 4 heterocycles. The second-order valence-electron chi connectivity index (χ2n) is 7.76. The molecule has 2 saturated heterocycles. The molecule has 7 nitrogen and oxygen atoms in total. The standard InChI is InChI=1S/C19H26N4O3S/c1-12-17(27-14(3)20-12)18(24)23-7-5-19(6-8-23)11-15(4-9-25-19)10-16-21-13(2)26-22-16/h15H,4-11H2,1-3H3. The molecule has 1 unspecified atom stereocenters. The van der Waals surface area contributed by atoms with Crippen molar-refractivity contribution in [2.24, 2.45) is 5.92 Å². The van der Waals surface area contributed by atoms with Gasteiger partial charge in [-0.05, 0) is 45.4 Å². The maximum atomic E-state index is 12.8. The van der Waals surface area contributed by atoms with Gasteiger partial charge in [-0.2, -0.15) is 4.98 Å². The number of rotatable bonds is 3. The molecule has 146 valence electrons. The average molecular weight is 391 g/mol. The molecular weight excluding hydrogens is 364 g/mol. The van der Waals surface area contributed by atoms with Crippen molar-refractivity contribution in [1.29, 1.82) is 0 Å². The molecular formula is C19H26N4O3S. The zero-order valence-electron chi connectivity index (χ0n) is 16.2. The lowest BCUT2D eigenvalue weighted by Gasteiger charge is -2.46. The fourth-order valence-electron chi connectivity index (χ4n) is 4.32. The molecule has 2 fully saturated rings. The number of carbonyl (C=O) groups excluding carboxylic acids is 1. The van der Waals surface area contributed by atoms with E-state index in [0.29, 0.717) is 11.8 Å². The number of aromatic nitrogens is 3. The lowest BCUT2D eigenvalue weighted by Crippen LogP contribution is -2.51. The van der Waals surface area contributed by atoms with Crippen LogP contribution in [0, 0.1) is 26.7 Å². The molecule has 2 aromatic rings. The molecule has 4 rings (SSSR count). The fraction of sp³-hybridized carbons (Fsp3) is 0.684. The molecule has 0 bridgehead atoms. The van der Waals surface area contributed by atoms with Crippen LogP contribution in [0.3, 0.4) is 0 Å². The van der Waals surface area contributed by atoms with Gasteiger partial charge in [-0.1, -0.05) is 5.16 Å². The fourth-order valence-corrected chi connectivity index (χ4v) is 5.21. The monoisotopic (exact) mass is 390 g/mol. The molecule has 1 spiro atoms. The minimum atomic E-state index is -0.114. The van der Waals surface area contributed by atoms with Crippen LogP contribution in [0.4, 0.5) is 0 Å². The zero-order chi connectivity index (χ0) is 19.0. The number of hydrogen-bond donors (Lipinski definition) is 0. The first kappa shape index (κ1) is 18.6. The topological polar surface area (TPSA) is 81.4 Å². The Bertz CT molecular complexity index is 823. The van der Waals surface area contributed by atoms with E-state index in [4.69, 9.17) is 9.26 Å². The third-order valence-electron chi connectivity index (χ3n) is 5.70. The van der Waals surface area contributed by atoms with Gasteiger partial charge in [0, 0.05) is 33.0 Å². The van der Waals surface area contributed by atoms with Gasteiger partial charge >= 0.3 is 0 Å². The van der Waals surface area contributed by atoms with Crippen LogP contribution in [0.15, 0.2) is 4.52 Å². The van der Waals surface area contributed by atoms with Crippen LogP contribution in [0.25, 0.3) is 0 Å². The Kier molecular flexibility index (Phi) is 5.03. The number of piperidine rings is 1. The van der Waals surface area contributed by atoms with Crippen molar-refractivity contribution in [2.75, 3.05) is 19.7 Å². The molecule has 2 aliphatic rings. The van der Waals surface area contributed by atoms with E-state index in [0.717, 1.165) is 73.2 Å². The van der Waals surface area contributed by atoms with E-state index >= 15 is 0 Å². The van der Waals surface area contributed by atoms with Crippen LogP contribution in [0.1, 0.15) is 57.8 Å². The Labute approximate surface area is 163 Å². The first-order valence-corrected chi connectivity index (χ1v) is 10.4. The Morgan fingerprint density at radius 1 is 1.26 bits per heavy atom. The maximum absolute atomic E-state index is 12.8. The minimum absolute atomic E-state index is 0.114. The van der Waals surface area contributed by atoms with Crippen molar-refractivity contribution in [3.63, 3.8) is 0 Å². The maximum Gasteiger partial charge on any atom is 0.265 e. The van der Waals surface area contributed by atoms with Crippen molar-refractivity contribution in [3.8, 4) is 0 Å². The van der Waals surface area contributed by atoms with E-state index in [2.05, 4.69) is 15.1 Å². The first-order valence-electron chi connectivity index (χ1n) is 9.60. The second-order valence-corrected chi connectivity index (χ2v) is 8.97. The SMILES string of the molecule is Cc1nc(CC2CCOC3(CCN(C(=O)c4sc(C)nc4C)CC3)C2)no1. The molecule has 8 heteroatoms. The van der Waals surface area contributed by atoms with Crippen molar-refractivity contribution in [1.82, 2.24) is 20.0 Å². The third kappa shape index (κ3) is 3.91. The molecule has 2 aromatic heterocycles. The minimum Gasteiger partial charge on any atom is -0.375 e. The number of nitrogens with zero attached hydrogens (tertiary/aromatic N) is 4. The summed E-state index contributed by atoms with van der Waals surface area (Å²) in [5.41, 5.74) is 0.726. The van der Waals surface area contributed by atoms with E-state index < -0.39 is 0 Å². The number of likely N-dealkylation sites (tertiary alicyclic amines) is 1. The number of carbonyl (C=O) groups is 1. The Balaban J connectivity index is 1.37. The highest BCUT2D eigenvalue weighted by atomic mass is 32.1. The van der Waals surface area contributed by atoms with Crippen molar-refractivity contribution < 1.29 is 14.1 Å². The summed E-state index contributed by atoms with van der Waals surface area (Å²) < 4.78 is 11.3. The summed E-state index contributed by atoms with van der Waals surface area (Å²) in [6.45, 7) is 7.92. The van der Waals surface area contributed by atoms with Crippen molar-refractivity contribution in [3.05, 3.63) is 27.3 Å². The van der Waals surface area contributed by atoms with Crippen molar-refractivity contribution >= 4 is 17.2 Å². The second kappa shape index (κ2) is 7.31. The quantitative estimate of drug-likeness (QED) is 0.801. The molecule has 0 aromatic carbocycles. The highest BCUT2D eigenvalue weighted by Crippen LogP contribution is 2.39. The smallest absolute Gasteiger partial charge is 0.265 e. The number of thiazole rings is 1. The molecule has 1 amide bonds. The first-order chi connectivity index (χ1) is 12.9. The van der Waals surface area contributed by atoms with E-state index in [1.807, 2.05) is 25.7 Å². The Morgan fingerprint density at radius 3 is 2.67 bits per heavy atom. The average Bonchev–Trinajstić information content (AvgIpc) is 3.19. The number of ether oxygens (including phenoxy) is 1. The summed E-state index contributed by atoms with van der Waals surface area (Å²) in [4.78, 5) is 24.3. The van der Waals surface area contributed by atoms with E-state index in [1.54, 1.807) is 0 Å². The number of hydrogen-bond acceptors (Lipinski definition) is 7. The van der Waals surface area contributed by atoms with Gasteiger partial charge in [-0.15, -0.1) is 11.3 Å². The molecule has 0 radical (unpaired) electrons. The molecule has 0 saturated carbocycles. The number of aryl methyl sites for hydroxylation is 3. The lowest BCUT2D eigenvalue weighted by atomic mass is 9.78. The van der Waals surface area contributed by atoms with Gasteiger partial charge in [-0.25, -0.2) is 4.98 Å². The Morgan fingerprint density at radius 2 is 2.04 bits per heavy atom. The van der Waals surface area contributed by atoms with Gasteiger partial charge in [0.25, 0.3) is 5.91 Å². The van der Waals surface area contributed by atoms with Crippen LogP contribution in [0.5, 0.6) is 0 Å². The Hall–Kier alpha value is -1.80.